The molecule has 1 heterocycles. The summed E-state index contributed by atoms with van der Waals surface area (Å²) in [6.07, 6.45) is 0. The molecule has 0 saturated carbocycles. The predicted molar refractivity (Wildman–Crippen MR) is 79.6 cm³/mol. The summed E-state index contributed by atoms with van der Waals surface area (Å²) in [6.45, 7) is 1.33. The molecule has 6 nitrogen and oxygen atoms in total. The first kappa shape index (κ1) is 14.7. The molecule has 1 aromatic carbocycles. The minimum Gasteiger partial charge on any atom is -0.493 e. The summed E-state index contributed by atoms with van der Waals surface area (Å²) in [5.41, 5.74) is 0.759. The number of benzene rings is 1. The highest BCUT2D eigenvalue weighted by Gasteiger charge is 2.19. The van der Waals surface area contributed by atoms with Crippen molar-refractivity contribution >= 4 is 26.7 Å². The van der Waals surface area contributed by atoms with Crippen LogP contribution >= 0.6 is 11.3 Å². The number of methoxy groups -OCH3 is 4. The van der Waals surface area contributed by atoms with Crippen LogP contribution in [0.4, 0.5) is 5.13 Å². The van der Waals surface area contributed by atoms with Crippen LogP contribution in [0.15, 0.2) is 6.07 Å². The van der Waals surface area contributed by atoms with Crippen LogP contribution in [0.3, 0.4) is 0 Å². The van der Waals surface area contributed by atoms with Gasteiger partial charge >= 0.3 is 0 Å². The van der Waals surface area contributed by atoms with Gasteiger partial charge in [0, 0.05) is 19.7 Å². The molecular formula is C13H18N2O4S. The molecule has 7 heteroatoms. The van der Waals surface area contributed by atoms with Gasteiger partial charge in [-0.3, -0.25) is 0 Å². The van der Waals surface area contributed by atoms with Crippen LogP contribution in [-0.2, 0) is 4.74 Å². The summed E-state index contributed by atoms with van der Waals surface area (Å²) >= 11 is 1.53. The molecule has 0 amide bonds. The highest BCUT2D eigenvalue weighted by molar-refractivity contribution is 7.22. The Morgan fingerprint density at radius 1 is 1.10 bits per heavy atom. The molecule has 0 aliphatic rings. The van der Waals surface area contributed by atoms with Gasteiger partial charge < -0.3 is 24.3 Å². The van der Waals surface area contributed by atoms with Crippen molar-refractivity contribution in [3.05, 3.63) is 6.07 Å². The Hall–Kier alpha value is -1.73. The van der Waals surface area contributed by atoms with E-state index in [1.807, 2.05) is 6.07 Å². The molecule has 1 N–H and O–H groups in total. The maximum absolute atomic E-state index is 5.42. The van der Waals surface area contributed by atoms with Gasteiger partial charge in [0.2, 0.25) is 5.75 Å². The van der Waals surface area contributed by atoms with Crippen LogP contribution in [0, 0.1) is 0 Å². The van der Waals surface area contributed by atoms with Gasteiger partial charge in [0.1, 0.15) is 5.52 Å². The zero-order valence-corrected chi connectivity index (χ0v) is 12.8. The predicted octanol–water partition coefficient (Wildman–Crippen LogP) is 2.38. The van der Waals surface area contributed by atoms with E-state index >= 15 is 0 Å². The lowest BCUT2D eigenvalue weighted by atomic mass is 10.2. The Morgan fingerprint density at radius 2 is 1.85 bits per heavy atom. The number of thiazole rings is 1. The van der Waals surface area contributed by atoms with Crippen molar-refractivity contribution in [1.82, 2.24) is 4.98 Å². The highest BCUT2D eigenvalue weighted by Crippen LogP contribution is 2.45. The first-order valence-corrected chi connectivity index (χ1v) is 6.89. The average Bonchev–Trinajstić information content (AvgIpc) is 2.87. The number of rotatable bonds is 7. The van der Waals surface area contributed by atoms with Crippen molar-refractivity contribution in [2.75, 3.05) is 46.9 Å². The van der Waals surface area contributed by atoms with Crippen molar-refractivity contribution < 1.29 is 18.9 Å². The van der Waals surface area contributed by atoms with Crippen LogP contribution < -0.4 is 19.5 Å². The average molecular weight is 298 g/mol. The molecule has 110 valence electrons. The number of hydrogen-bond acceptors (Lipinski definition) is 7. The fourth-order valence-corrected chi connectivity index (χ4v) is 2.79. The molecule has 0 saturated heterocycles. The lowest BCUT2D eigenvalue weighted by Gasteiger charge is -2.11. The third kappa shape index (κ3) is 2.73. The summed E-state index contributed by atoms with van der Waals surface area (Å²) in [4.78, 5) is 4.53. The number of anilines is 1. The standard InChI is InChI=1S/C13H18N2O4S/c1-16-6-5-14-13-15-10-9(20-13)7-8(17-2)11(18-3)12(10)19-4/h7H,5-6H2,1-4H3,(H,14,15). The van der Waals surface area contributed by atoms with Gasteiger partial charge in [-0.25, -0.2) is 4.98 Å². The Balaban J connectivity index is 2.44. The van der Waals surface area contributed by atoms with E-state index in [0.29, 0.717) is 30.4 Å². The molecule has 0 unspecified atom stereocenters. The number of ether oxygens (including phenoxy) is 4. The molecule has 0 aliphatic carbocycles. The fraction of sp³-hybridized carbons (Fsp3) is 0.462. The second kappa shape index (κ2) is 6.62. The maximum atomic E-state index is 5.42. The second-order valence-corrected chi connectivity index (χ2v) is 4.96. The van der Waals surface area contributed by atoms with E-state index < -0.39 is 0 Å². The minimum atomic E-state index is 0.552. The number of aromatic nitrogens is 1. The molecule has 0 bridgehead atoms. The minimum absolute atomic E-state index is 0.552. The first-order chi connectivity index (χ1) is 9.74. The fourth-order valence-electron chi connectivity index (χ4n) is 1.87. The zero-order chi connectivity index (χ0) is 14.5. The van der Waals surface area contributed by atoms with Gasteiger partial charge in [0.05, 0.1) is 32.6 Å². The van der Waals surface area contributed by atoms with Gasteiger partial charge in [-0.1, -0.05) is 11.3 Å². The number of nitrogens with zero attached hydrogens (tertiary/aromatic N) is 1. The molecule has 0 aliphatic heterocycles. The Morgan fingerprint density at radius 3 is 2.45 bits per heavy atom. The second-order valence-electron chi connectivity index (χ2n) is 3.93. The van der Waals surface area contributed by atoms with Crippen molar-refractivity contribution in [3.63, 3.8) is 0 Å². The van der Waals surface area contributed by atoms with Crippen LogP contribution in [0.1, 0.15) is 0 Å². The van der Waals surface area contributed by atoms with Gasteiger partial charge in [-0.05, 0) is 0 Å². The van der Waals surface area contributed by atoms with Crippen molar-refractivity contribution in [1.29, 1.82) is 0 Å². The van der Waals surface area contributed by atoms with Gasteiger partial charge in [-0.15, -0.1) is 0 Å². The van der Waals surface area contributed by atoms with E-state index in [4.69, 9.17) is 18.9 Å². The largest absolute Gasteiger partial charge is 0.493 e. The number of fused-ring (bicyclic) bond motifs is 1. The van der Waals surface area contributed by atoms with Gasteiger partial charge in [0.25, 0.3) is 0 Å². The van der Waals surface area contributed by atoms with Crippen molar-refractivity contribution in [2.45, 2.75) is 0 Å². The first-order valence-electron chi connectivity index (χ1n) is 6.07. The molecule has 0 fully saturated rings. The molecule has 2 rings (SSSR count). The van der Waals surface area contributed by atoms with Crippen LogP contribution in [0.25, 0.3) is 10.2 Å². The molecule has 2 aromatic rings. The number of nitrogens with one attached hydrogen (secondary N) is 1. The van der Waals surface area contributed by atoms with E-state index in [2.05, 4.69) is 10.3 Å². The summed E-state index contributed by atoms with van der Waals surface area (Å²) in [7, 11) is 6.44. The Labute approximate surface area is 121 Å². The Kier molecular flexibility index (Phi) is 4.86. The summed E-state index contributed by atoms with van der Waals surface area (Å²) in [6, 6.07) is 1.90. The monoisotopic (exact) mass is 298 g/mol. The van der Waals surface area contributed by atoms with Crippen LogP contribution in [0.5, 0.6) is 17.2 Å². The smallest absolute Gasteiger partial charge is 0.205 e. The summed E-state index contributed by atoms with van der Waals surface area (Å²) in [5, 5.41) is 4.02. The van der Waals surface area contributed by atoms with Crippen LogP contribution in [0.2, 0.25) is 0 Å². The van der Waals surface area contributed by atoms with Crippen molar-refractivity contribution in [3.8, 4) is 17.2 Å². The van der Waals surface area contributed by atoms with Crippen molar-refractivity contribution in [2.24, 2.45) is 0 Å². The van der Waals surface area contributed by atoms with E-state index in [1.165, 1.54) is 11.3 Å². The Bertz CT molecular complexity index is 585. The normalized spacial score (nSPS) is 10.6. The lowest BCUT2D eigenvalue weighted by molar-refractivity contribution is 0.211. The third-order valence-electron chi connectivity index (χ3n) is 2.77. The topological polar surface area (TPSA) is 61.8 Å². The molecule has 20 heavy (non-hydrogen) atoms. The quantitative estimate of drug-likeness (QED) is 0.792. The molecule has 1 aromatic heterocycles. The highest BCUT2D eigenvalue weighted by atomic mass is 32.1. The van der Waals surface area contributed by atoms with E-state index in [0.717, 1.165) is 15.3 Å². The SMILES string of the molecule is COCCNc1nc2c(OC)c(OC)c(OC)cc2s1. The van der Waals surface area contributed by atoms with Gasteiger partial charge in [0.15, 0.2) is 16.6 Å². The maximum Gasteiger partial charge on any atom is 0.205 e. The van der Waals surface area contributed by atoms with E-state index in [1.54, 1.807) is 28.4 Å². The number of hydrogen-bond donors (Lipinski definition) is 1. The van der Waals surface area contributed by atoms with Crippen LogP contribution in [-0.4, -0.2) is 46.6 Å². The molecule has 0 radical (unpaired) electrons. The lowest BCUT2D eigenvalue weighted by Crippen LogP contribution is -2.06. The van der Waals surface area contributed by atoms with E-state index in [9.17, 15) is 0 Å². The molecule has 0 spiro atoms. The zero-order valence-electron chi connectivity index (χ0n) is 12.0. The van der Waals surface area contributed by atoms with Gasteiger partial charge in [-0.2, -0.15) is 0 Å². The van der Waals surface area contributed by atoms with E-state index in [-0.39, 0.29) is 0 Å². The summed E-state index contributed by atoms with van der Waals surface area (Å²) in [5.74, 6) is 1.76. The molecular weight excluding hydrogens is 280 g/mol. The summed E-state index contributed by atoms with van der Waals surface area (Å²) < 4.78 is 22.1. The third-order valence-corrected chi connectivity index (χ3v) is 3.73. The molecule has 0 atom stereocenters.